The summed E-state index contributed by atoms with van der Waals surface area (Å²) in [6.07, 6.45) is 7.45. The molecule has 0 saturated heterocycles. The average molecular weight is 153 g/mol. The van der Waals surface area contributed by atoms with Gasteiger partial charge < -0.3 is 5.32 Å². The molecule has 0 atom stereocenters. The third-order valence-corrected chi connectivity index (χ3v) is 2.56. The Hall–Kier alpha value is -0.300. The van der Waals surface area contributed by atoms with E-state index in [2.05, 4.69) is 32.3 Å². The van der Waals surface area contributed by atoms with Gasteiger partial charge in [-0.05, 0) is 33.2 Å². The molecule has 0 bridgehead atoms. The van der Waals surface area contributed by atoms with Crippen LogP contribution < -0.4 is 5.32 Å². The van der Waals surface area contributed by atoms with Crippen LogP contribution in [0.1, 0.15) is 39.5 Å². The summed E-state index contributed by atoms with van der Waals surface area (Å²) in [4.78, 5) is 0. The summed E-state index contributed by atoms with van der Waals surface area (Å²) in [7, 11) is 2.05. The molecule has 1 rings (SSSR count). The van der Waals surface area contributed by atoms with Gasteiger partial charge in [0, 0.05) is 5.54 Å². The Labute approximate surface area is 69.9 Å². The van der Waals surface area contributed by atoms with Gasteiger partial charge in [0.25, 0.3) is 0 Å². The van der Waals surface area contributed by atoms with Crippen molar-refractivity contribution < 1.29 is 0 Å². The van der Waals surface area contributed by atoms with Crippen LogP contribution in [0, 0.1) is 0 Å². The first-order chi connectivity index (χ1) is 5.20. The minimum absolute atomic E-state index is 0.416. The summed E-state index contributed by atoms with van der Waals surface area (Å²) in [6.45, 7) is 4.52. The predicted octanol–water partition coefficient (Wildman–Crippen LogP) is 2.48. The van der Waals surface area contributed by atoms with Gasteiger partial charge in [-0.15, -0.1) is 0 Å². The standard InChI is InChI=1S/C10H19N/c1-4-5-6-9-7-10(2,8-9)11-3/h6,11H,4-5,7-8H2,1-3H3. The SMILES string of the molecule is CCCC=C1CC(C)(NC)C1. The molecular weight excluding hydrogens is 134 g/mol. The molecule has 11 heavy (non-hydrogen) atoms. The molecule has 0 heterocycles. The highest BCUT2D eigenvalue weighted by Crippen LogP contribution is 2.36. The fourth-order valence-electron chi connectivity index (χ4n) is 1.62. The van der Waals surface area contributed by atoms with Gasteiger partial charge in [-0.3, -0.25) is 0 Å². The maximum atomic E-state index is 3.34. The van der Waals surface area contributed by atoms with Crippen molar-refractivity contribution in [3.05, 3.63) is 11.6 Å². The zero-order valence-corrected chi connectivity index (χ0v) is 7.91. The molecule has 0 spiro atoms. The largest absolute Gasteiger partial charge is 0.314 e. The highest BCUT2D eigenvalue weighted by molar-refractivity contribution is 5.21. The lowest BCUT2D eigenvalue weighted by Gasteiger charge is -2.41. The van der Waals surface area contributed by atoms with Crippen molar-refractivity contribution in [2.75, 3.05) is 7.05 Å². The molecule has 1 heteroatoms. The maximum Gasteiger partial charge on any atom is 0.0224 e. The van der Waals surface area contributed by atoms with Crippen LogP contribution in [0.4, 0.5) is 0 Å². The van der Waals surface area contributed by atoms with E-state index >= 15 is 0 Å². The molecule has 0 aromatic carbocycles. The molecule has 1 fully saturated rings. The summed E-state index contributed by atoms with van der Waals surface area (Å²) < 4.78 is 0. The summed E-state index contributed by atoms with van der Waals surface area (Å²) >= 11 is 0. The predicted molar refractivity (Wildman–Crippen MR) is 49.7 cm³/mol. The number of hydrogen-bond donors (Lipinski definition) is 1. The molecule has 1 saturated carbocycles. The Morgan fingerprint density at radius 3 is 2.64 bits per heavy atom. The monoisotopic (exact) mass is 153 g/mol. The lowest BCUT2D eigenvalue weighted by atomic mass is 9.74. The van der Waals surface area contributed by atoms with Crippen molar-refractivity contribution in [1.29, 1.82) is 0 Å². The van der Waals surface area contributed by atoms with Gasteiger partial charge in [-0.25, -0.2) is 0 Å². The summed E-state index contributed by atoms with van der Waals surface area (Å²) in [5.74, 6) is 0. The van der Waals surface area contributed by atoms with Gasteiger partial charge in [-0.1, -0.05) is 25.0 Å². The number of nitrogens with one attached hydrogen (secondary N) is 1. The van der Waals surface area contributed by atoms with Gasteiger partial charge in [0.15, 0.2) is 0 Å². The van der Waals surface area contributed by atoms with E-state index in [0.29, 0.717) is 5.54 Å². The zero-order valence-electron chi connectivity index (χ0n) is 7.91. The highest BCUT2D eigenvalue weighted by atomic mass is 14.9. The average Bonchev–Trinajstić information content (AvgIpc) is 1.96. The van der Waals surface area contributed by atoms with E-state index < -0.39 is 0 Å². The normalized spacial score (nSPS) is 29.9. The second-order valence-electron chi connectivity index (χ2n) is 3.82. The molecule has 1 N–H and O–H groups in total. The van der Waals surface area contributed by atoms with Crippen LogP contribution in [-0.2, 0) is 0 Å². The molecule has 1 nitrogen and oxygen atoms in total. The maximum absolute atomic E-state index is 3.34. The van der Waals surface area contributed by atoms with Crippen LogP contribution in [-0.4, -0.2) is 12.6 Å². The summed E-state index contributed by atoms with van der Waals surface area (Å²) in [6, 6.07) is 0. The molecule has 0 radical (unpaired) electrons. The molecule has 0 aromatic rings. The molecule has 64 valence electrons. The fourth-order valence-corrected chi connectivity index (χ4v) is 1.62. The molecule has 0 aromatic heterocycles. The van der Waals surface area contributed by atoms with Crippen LogP contribution in [0.5, 0.6) is 0 Å². The molecule has 0 amide bonds. The first-order valence-electron chi connectivity index (χ1n) is 4.57. The molecular formula is C10H19N. The van der Waals surface area contributed by atoms with Gasteiger partial charge in [0.2, 0.25) is 0 Å². The van der Waals surface area contributed by atoms with E-state index in [-0.39, 0.29) is 0 Å². The van der Waals surface area contributed by atoms with Crippen LogP contribution in [0.15, 0.2) is 11.6 Å². The van der Waals surface area contributed by atoms with Crippen LogP contribution in [0.25, 0.3) is 0 Å². The third-order valence-electron chi connectivity index (χ3n) is 2.56. The zero-order chi connectivity index (χ0) is 8.32. The smallest absolute Gasteiger partial charge is 0.0224 e. The summed E-state index contributed by atoms with van der Waals surface area (Å²) in [5, 5.41) is 3.34. The first kappa shape index (κ1) is 8.79. The number of unbranched alkanes of at least 4 members (excludes halogenated alkanes) is 1. The van der Waals surface area contributed by atoms with E-state index in [0.717, 1.165) is 0 Å². The minimum atomic E-state index is 0.416. The number of allylic oxidation sites excluding steroid dienone is 1. The molecule has 0 unspecified atom stereocenters. The minimum Gasteiger partial charge on any atom is -0.314 e. The van der Waals surface area contributed by atoms with Gasteiger partial charge >= 0.3 is 0 Å². The van der Waals surface area contributed by atoms with Crippen molar-refractivity contribution in [1.82, 2.24) is 5.32 Å². The Morgan fingerprint density at radius 1 is 1.55 bits per heavy atom. The van der Waals surface area contributed by atoms with E-state index in [4.69, 9.17) is 0 Å². The van der Waals surface area contributed by atoms with Crippen molar-refractivity contribution in [3.8, 4) is 0 Å². The van der Waals surface area contributed by atoms with Crippen molar-refractivity contribution >= 4 is 0 Å². The second kappa shape index (κ2) is 3.40. The van der Waals surface area contributed by atoms with E-state index in [9.17, 15) is 0 Å². The molecule has 0 aliphatic heterocycles. The number of hydrogen-bond acceptors (Lipinski definition) is 1. The second-order valence-corrected chi connectivity index (χ2v) is 3.82. The van der Waals surface area contributed by atoms with Crippen LogP contribution in [0.2, 0.25) is 0 Å². The van der Waals surface area contributed by atoms with Gasteiger partial charge in [-0.2, -0.15) is 0 Å². The first-order valence-corrected chi connectivity index (χ1v) is 4.57. The fraction of sp³-hybridized carbons (Fsp3) is 0.800. The quantitative estimate of drug-likeness (QED) is 0.614. The van der Waals surface area contributed by atoms with Crippen molar-refractivity contribution in [3.63, 3.8) is 0 Å². The Bertz CT molecular complexity index is 150. The third kappa shape index (κ3) is 2.06. The number of rotatable bonds is 3. The highest BCUT2D eigenvalue weighted by Gasteiger charge is 2.33. The molecule has 1 aliphatic carbocycles. The topological polar surface area (TPSA) is 12.0 Å². The molecule has 1 aliphatic rings. The Kier molecular flexibility index (Phi) is 2.72. The van der Waals surface area contributed by atoms with Gasteiger partial charge in [0.1, 0.15) is 0 Å². The lowest BCUT2D eigenvalue weighted by molar-refractivity contribution is 0.300. The van der Waals surface area contributed by atoms with E-state index in [1.54, 1.807) is 5.57 Å². The lowest BCUT2D eigenvalue weighted by Crippen LogP contribution is -2.47. The van der Waals surface area contributed by atoms with Crippen molar-refractivity contribution in [2.24, 2.45) is 0 Å². The van der Waals surface area contributed by atoms with E-state index in [1.807, 2.05) is 0 Å². The Balaban J connectivity index is 2.28. The van der Waals surface area contributed by atoms with Gasteiger partial charge in [0.05, 0.1) is 0 Å². The van der Waals surface area contributed by atoms with E-state index in [1.165, 1.54) is 25.7 Å². The van der Waals surface area contributed by atoms with Crippen molar-refractivity contribution in [2.45, 2.75) is 45.1 Å². The van der Waals surface area contributed by atoms with Crippen LogP contribution >= 0.6 is 0 Å². The van der Waals surface area contributed by atoms with Crippen LogP contribution in [0.3, 0.4) is 0 Å². The Morgan fingerprint density at radius 2 is 2.18 bits per heavy atom. The summed E-state index contributed by atoms with van der Waals surface area (Å²) in [5.41, 5.74) is 2.06.